The van der Waals surface area contributed by atoms with E-state index in [-0.39, 0.29) is 12.5 Å². The molecule has 1 aliphatic heterocycles. The van der Waals surface area contributed by atoms with Crippen LogP contribution in [0.5, 0.6) is 5.75 Å². The van der Waals surface area contributed by atoms with Crippen molar-refractivity contribution in [1.82, 2.24) is 4.90 Å². The Morgan fingerprint density at radius 1 is 0.955 bits per heavy atom. The molecule has 0 spiro atoms. The van der Waals surface area contributed by atoms with E-state index < -0.39 is 0 Å². The molecule has 1 aliphatic rings. The molecule has 1 heterocycles. The van der Waals surface area contributed by atoms with E-state index in [1.807, 2.05) is 41.3 Å². The lowest BCUT2D eigenvalue weighted by atomic mass is 9.89. The molecule has 3 rings (SSSR count). The summed E-state index contributed by atoms with van der Waals surface area (Å²) in [4.78, 5) is 14.1. The number of piperidine rings is 1. The number of ether oxygens (including phenoxy) is 1. The number of hydrogen-bond acceptors (Lipinski definition) is 2. The molecule has 22 heavy (non-hydrogen) atoms. The van der Waals surface area contributed by atoms with E-state index in [0.29, 0.717) is 5.92 Å². The molecule has 0 bridgehead atoms. The van der Waals surface area contributed by atoms with E-state index in [9.17, 15) is 4.79 Å². The van der Waals surface area contributed by atoms with Crippen LogP contribution in [0.1, 0.15) is 24.3 Å². The minimum atomic E-state index is 0.0790. The maximum absolute atomic E-state index is 12.2. The summed E-state index contributed by atoms with van der Waals surface area (Å²) in [5.41, 5.74) is 1.38. The van der Waals surface area contributed by atoms with Gasteiger partial charge in [0.1, 0.15) is 5.75 Å². The standard InChI is InChI=1S/C19H21NO2/c21-19(15-22-18-9-5-2-6-10-18)20-13-11-17(12-14-20)16-7-3-1-4-8-16/h1-10,17H,11-15H2. The first-order chi connectivity index (χ1) is 10.8. The van der Waals surface area contributed by atoms with Gasteiger partial charge in [0, 0.05) is 13.1 Å². The number of carbonyl (C=O) groups excluding carboxylic acids is 1. The van der Waals surface area contributed by atoms with Crippen LogP contribution in [0.25, 0.3) is 0 Å². The summed E-state index contributed by atoms with van der Waals surface area (Å²) < 4.78 is 5.54. The van der Waals surface area contributed by atoms with Gasteiger partial charge < -0.3 is 9.64 Å². The van der Waals surface area contributed by atoms with Crippen molar-refractivity contribution >= 4 is 5.91 Å². The lowest BCUT2D eigenvalue weighted by Gasteiger charge is -2.32. The predicted octanol–water partition coefficient (Wildman–Crippen LogP) is 3.47. The minimum absolute atomic E-state index is 0.0790. The average Bonchev–Trinajstić information content (AvgIpc) is 2.61. The number of benzene rings is 2. The van der Waals surface area contributed by atoms with Crippen molar-refractivity contribution < 1.29 is 9.53 Å². The Morgan fingerprint density at radius 3 is 2.18 bits per heavy atom. The van der Waals surface area contributed by atoms with E-state index in [1.165, 1.54) is 5.56 Å². The second-order valence-corrected chi connectivity index (χ2v) is 5.67. The van der Waals surface area contributed by atoms with Gasteiger partial charge in [-0.25, -0.2) is 0 Å². The first-order valence-corrected chi connectivity index (χ1v) is 7.83. The molecule has 1 saturated heterocycles. The fourth-order valence-electron chi connectivity index (χ4n) is 2.94. The van der Waals surface area contributed by atoms with Crippen LogP contribution in [0, 0.1) is 0 Å². The van der Waals surface area contributed by atoms with Crippen LogP contribution >= 0.6 is 0 Å². The van der Waals surface area contributed by atoms with Crippen LogP contribution in [0.2, 0.25) is 0 Å². The summed E-state index contributed by atoms with van der Waals surface area (Å²) in [7, 11) is 0. The molecule has 0 atom stereocenters. The third-order valence-corrected chi connectivity index (χ3v) is 4.22. The quantitative estimate of drug-likeness (QED) is 0.864. The van der Waals surface area contributed by atoms with Crippen LogP contribution < -0.4 is 4.74 Å². The molecule has 2 aromatic carbocycles. The molecule has 0 aliphatic carbocycles. The second kappa shape index (κ2) is 7.12. The number of hydrogen-bond donors (Lipinski definition) is 0. The minimum Gasteiger partial charge on any atom is -0.484 e. The molecule has 0 N–H and O–H groups in total. The number of para-hydroxylation sites is 1. The highest BCUT2D eigenvalue weighted by atomic mass is 16.5. The Kier molecular flexibility index (Phi) is 4.74. The topological polar surface area (TPSA) is 29.5 Å². The monoisotopic (exact) mass is 295 g/mol. The lowest BCUT2D eigenvalue weighted by molar-refractivity contribution is -0.134. The molecule has 0 unspecified atom stereocenters. The summed E-state index contributed by atoms with van der Waals surface area (Å²) >= 11 is 0. The summed E-state index contributed by atoms with van der Waals surface area (Å²) in [6, 6.07) is 20.1. The average molecular weight is 295 g/mol. The van der Waals surface area contributed by atoms with Gasteiger partial charge in [-0.1, -0.05) is 48.5 Å². The molecular weight excluding hydrogens is 274 g/mol. The molecule has 1 fully saturated rings. The van der Waals surface area contributed by atoms with E-state index in [0.717, 1.165) is 31.7 Å². The molecule has 0 saturated carbocycles. The van der Waals surface area contributed by atoms with E-state index in [2.05, 4.69) is 24.3 Å². The highest BCUT2D eigenvalue weighted by Gasteiger charge is 2.23. The van der Waals surface area contributed by atoms with Gasteiger partial charge in [0.25, 0.3) is 5.91 Å². The SMILES string of the molecule is O=C(COc1ccccc1)N1CCC(c2ccccc2)CC1. The summed E-state index contributed by atoms with van der Waals surface area (Å²) in [6.45, 7) is 1.76. The Hall–Kier alpha value is -2.29. The van der Waals surface area contributed by atoms with Crippen molar-refractivity contribution in [2.24, 2.45) is 0 Å². The van der Waals surface area contributed by atoms with Crippen LogP contribution in [0.15, 0.2) is 60.7 Å². The Balaban J connectivity index is 1.48. The zero-order valence-electron chi connectivity index (χ0n) is 12.7. The third kappa shape index (κ3) is 3.67. The maximum atomic E-state index is 12.2. The van der Waals surface area contributed by atoms with Crippen molar-refractivity contribution in [1.29, 1.82) is 0 Å². The number of carbonyl (C=O) groups is 1. The Labute approximate surface area is 131 Å². The lowest BCUT2D eigenvalue weighted by Crippen LogP contribution is -2.40. The summed E-state index contributed by atoms with van der Waals surface area (Å²) in [6.07, 6.45) is 2.06. The van der Waals surface area contributed by atoms with Crippen molar-refractivity contribution in [2.45, 2.75) is 18.8 Å². The van der Waals surface area contributed by atoms with Gasteiger partial charge in [-0.3, -0.25) is 4.79 Å². The zero-order chi connectivity index (χ0) is 15.2. The Bertz CT molecular complexity index is 589. The number of amides is 1. The summed E-state index contributed by atoms with van der Waals surface area (Å²) in [5, 5.41) is 0. The molecule has 0 aromatic heterocycles. The van der Waals surface area contributed by atoms with Gasteiger partial charge in [-0.2, -0.15) is 0 Å². The van der Waals surface area contributed by atoms with Gasteiger partial charge in [0.15, 0.2) is 6.61 Å². The fraction of sp³-hybridized carbons (Fsp3) is 0.316. The van der Waals surface area contributed by atoms with Crippen LogP contribution in [-0.4, -0.2) is 30.5 Å². The fourth-order valence-corrected chi connectivity index (χ4v) is 2.94. The van der Waals surface area contributed by atoms with Crippen molar-refractivity contribution in [3.8, 4) is 5.75 Å². The van der Waals surface area contributed by atoms with Gasteiger partial charge in [-0.05, 0) is 36.5 Å². The number of likely N-dealkylation sites (tertiary alicyclic amines) is 1. The van der Waals surface area contributed by atoms with Crippen molar-refractivity contribution in [2.75, 3.05) is 19.7 Å². The predicted molar refractivity (Wildman–Crippen MR) is 86.9 cm³/mol. The molecular formula is C19H21NO2. The van der Waals surface area contributed by atoms with Gasteiger partial charge in [0.2, 0.25) is 0 Å². The van der Waals surface area contributed by atoms with Crippen LogP contribution in [0.4, 0.5) is 0 Å². The highest BCUT2D eigenvalue weighted by Crippen LogP contribution is 2.27. The smallest absolute Gasteiger partial charge is 0.260 e. The third-order valence-electron chi connectivity index (χ3n) is 4.22. The molecule has 3 heteroatoms. The molecule has 1 amide bonds. The summed E-state index contributed by atoms with van der Waals surface area (Å²) in [5.74, 6) is 1.39. The van der Waals surface area contributed by atoms with E-state index in [1.54, 1.807) is 0 Å². The normalized spacial score (nSPS) is 15.5. The van der Waals surface area contributed by atoms with Crippen molar-refractivity contribution in [3.05, 3.63) is 66.2 Å². The second-order valence-electron chi connectivity index (χ2n) is 5.67. The zero-order valence-corrected chi connectivity index (χ0v) is 12.7. The maximum Gasteiger partial charge on any atom is 0.260 e. The highest BCUT2D eigenvalue weighted by molar-refractivity contribution is 5.77. The first kappa shape index (κ1) is 14.6. The molecule has 3 nitrogen and oxygen atoms in total. The largest absolute Gasteiger partial charge is 0.484 e. The first-order valence-electron chi connectivity index (χ1n) is 7.83. The van der Waals surface area contributed by atoms with Crippen LogP contribution in [0.3, 0.4) is 0 Å². The van der Waals surface area contributed by atoms with E-state index in [4.69, 9.17) is 4.74 Å². The van der Waals surface area contributed by atoms with Crippen LogP contribution in [-0.2, 0) is 4.79 Å². The number of rotatable bonds is 4. The number of nitrogens with zero attached hydrogens (tertiary/aromatic N) is 1. The molecule has 2 aromatic rings. The van der Waals surface area contributed by atoms with E-state index >= 15 is 0 Å². The van der Waals surface area contributed by atoms with Gasteiger partial charge in [-0.15, -0.1) is 0 Å². The molecule has 114 valence electrons. The molecule has 0 radical (unpaired) electrons. The van der Waals surface area contributed by atoms with Gasteiger partial charge >= 0.3 is 0 Å². The van der Waals surface area contributed by atoms with Crippen molar-refractivity contribution in [3.63, 3.8) is 0 Å². The van der Waals surface area contributed by atoms with Gasteiger partial charge in [0.05, 0.1) is 0 Å². The Morgan fingerprint density at radius 2 is 1.55 bits per heavy atom.